The molecule has 1 nitrogen and oxygen atoms in total. The van der Waals surface area contributed by atoms with E-state index in [1.807, 2.05) is 0 Å². The molecule has 0 saturated heterocycles. The molecule has 0 amide bonds. The first-order valence-electron chi connectivity index (χ1n) is 3.31. The van der Waals surface area contributed by atoms with Crippen molar-refractivity contribution in [1.82, 2.24) is 0 Å². The molecule has 0 aromatic carbocycles. The van der Waals surface area contributed by atoms with Crippen LogP contribution in [0, 0.1) is 5.92 Å². The quantitative estimate of drug-likeness (QED) is 0.660. The van der Waals surface area contributed by atoms with Crippen LogP contribution >= 0.6 is 51.7 Å². The van der Waals surface area contributed by atoms with Gasteiger partial charge >= 0.3 is 0 Å². The Morgan fingerprint density at radius 3 is 2.42 bits per heavy atom. The monoisotopic (exact) mass is 266 g/mol. The van der Waals surface area contributed by atoms with Crippen LogP contribution in [-0.4, -0.2) is 5.75 Å². The fraction of sp³-hybridized carbons (Fsp3) is 0.667. The summed E-state index contributed by atoms with van der Waals surface area (Å²) in [6.07, 6.45) is 0. The summed E-state index contributed by atoms with van der Waals surface area (Å²) in [5.41, 5.74) is 0. The molecule has 0 bridgehead atoms. The number of rotatable bonds is 4. The zero-order chi connectivity index (χ0) is 9.78. The van der Waals surface area contributed by atoms with Gasteiger partial charge in [-0.3, -0.25) is 4.57 Å². The SMILES string of the molecule is CC(C)CS/C(Cl)=C/P(=O)(Cl)Cl. The first kappa shape index (κ1) is 13.2. The highest BCUT2D eigenvalue weighted by Gasteiger charge is 2.10. The summed E-state index contributed by atoms with van der Waals surface area (Å²) >= 11 is 17.7. The topological polar surface area (TPSA) is 17.1 Å². The number of hydrogen-bond acceptors (Lipinski definition) is 2. The molecule has 0 spiro atoms. The third kappa shape index (κ3) is 9.28. The highest BCUT2D eigenvalue weighted by molar-refractivity contribution is 8.12. The number of halogens is 3. The average Bonchev–Trinajstić information content (AvgIpc) is 1.79. The fourth-order valence-electron chi connectivity index (χ4n) is 0.402. The molecular formula is C6H10Cl3OPS. The van der Waals surface area contributed by atoms with Crippen LogP contribution < -0.4 is 0 Å². The van der Waals surface area contributed by atoms with E-state index >= 15 is 0 Å². The van der Waals surface area contributed by atoms with Crippen LogP contribution in [-0.2, 0) is 4.57 Å². The maximum absolute atomic E-state index is 10.8. The molecular weight excluding hydrogens is 257 g/mol. The van der Waals surface area contributed by atoms with Crippen LogP contribution in [0.3, 0.4) is 0 Å². The van der Waals surface area contributed by atoms with E-state index in [0.29, 0.717) is 10.3 Å². The molecule has 0 heterocycles. The summed E-state index contributed by atoms with van der Waals surface area (Å²) in [7, 11) is 0. The van der Waals surface area contributed by atoms with Gasteiger partial charge < -0.3 is 0 Å². The van der Waals surface area contributed by atoms with Gasteiger partial charge in [0.2, 0.25) is 0 Å². The van der Waals surface area contributed by atoms with Gasteiger partial charge in [-0.25, -0.2) is 0 Å². The van der Waals surface area contributed by atoms with Gasteiger partial charge in [0.1, 0.15) is 0 Å². The zero-order valence-corrected chi connectivity index (χ0v) is 10.7. The molecule has 0 saturated carbocycles. The summed E-state index contributed by atoms with van der Waals surface area (Å²) in [5.74, 6) is -0.559. The van der Waals surface area contributed by atoms with E-state index in [2.05, 4.69) is 13.8 Å². The smallest absolute Gasteiger partial charge is 0.276 e. The van der Waals surface area contributed by atoms with Gasteiger partial charge in [0.15, 0.2) is 0 Å². The maximum Gasteiger partial charge on any atom is 0.276 e. The van der Waals surface area contributed by atoms with Crippen LogP contribution in [0.1, 0.15) is 13.8 Å². The van der Waals surface area contributed by atoms with Gasteiger partial charge in [-0.15, -0.1) is 11.8 Å². The van der Waals surface area contributed by atoms with Crippen molar-refractivity contribution < 1.29 is 4.57 Å². The second-order valence-electron chi connectivity index (χ2n) is 2.64. The van der Waals surface area contributed by atoms with Crippen LogP contribution in [0.15, 0.2) is 10.2 Å². The molecule has 0 radical (unpaired) electrons. The van der Waals surface area contributed by atoms with Crippen molar-refractivity contribution in [3.8, 4) is 0 Å². The predicted molar refractivity (Wildman–Crippen MR) is 60.5 cm³/mol. The lowest BCUT2D eigenvalue weighted by molar-refractivity contribution is 0.597. The Labute approximate surface area is 91.8 Å². The van der Waals surface area contributed by atoms with E-state index < -0.39 is 5.85 Å². The molecule has 12 heavy (non-hydrogen) atoms. The van der Waals surface area contributed by atoms with Crippen molar-refractivity contribution in [2.75, 3.05) is 5.75 Å². The Morgan fingerprint density at radius 2 is 2.08 bits per heavy atom. The van der Waals surface area contributed by atoms with E-state index in [9.17, 15) is 4.57 Å². The lowest BCUT2D eigenvalue weighted by Gasteiger charge is -2.02. The molecule has 0 fully saturated rings. The number of hydrogen-bond donors (Lipinski definition) is 0. The minimum Gasteiger partial charge on any atom is -0.285 e. The van der Waals surface area contributed by atoms with Gasteiger partial charge in [0, 0.05) is 11.6 Å². The van der Waals surface area contributed by atoms with E-state index in [1.165, 1.54) is 17.6 Å². The molecule has 6 heteroatoms. The van der Waals surface area contributed by atoms with Crippen LogP contribution in [0.25, 0.3) is 0 Å². The minimum atomic E-state index is -3.15. The molecule has 72 valence electrons. The van der Waals surface area contributed by atoms with Gasteiger partial charge in [-0.1, -0.05) is 25.4 Å². The molecule has 0 unspecified atom stereocenters. The van der Waals surface area contributed by atoms with Gasteiger partial charge in [0.25, 0.3) is 5.85 Å². The fourth-order valence-corrected chi connectivity index (χ4v) is 3.71. The standard InChI is InChI=1S/C6H10Cl3OPS/c1-5(2)4-12-6(7)3-11(8,9)10/h3,5H,4H2,1-2H3/b6-3+. The zero-order valence-electron chi connectivity index (χ0n) is 6.76. The first-order valence-corrected chi connectivity index (χ1v) is 8.26. The normalized spacial score (nSPS) is 14.0. The van der Waals surface area contributed by atoms with Crippen molar-refractivity contribution in [2.24, 2.45) is 5.92 Å². The van der Waals surface area contributed by atoms with Gasteiger partial charge in [-0.05, 0) is 28.4 Å². The number of thioether (sulfide) groups is 1. The molecule has 0 aromatic rings. The molecule has 0 aliphatic rings. The van der Waals surface area contributed by atoms with Gasteiger partial charge in [0.05, 0.1) is 4.36 Å². The maximum atomic E-state index is 10.8. The van der Waals surface area contributed by atoms with Gasteiger partial charge in [-0.2, -0.15) is 0 Å². The minimum absolute atomic E-state index is 0.400. The Balaban J connectivity index is 3.96. The average molecular weight is 268 g/mol. The molecule has 0 rings (SSSR count). The largest absolute Gasteiger partial charge is 0.285 e. The van der Waals surface area contributed by atoms with Crippen LogP contribution in [0.4, 0.5) is 0 Å². The van der Waals surface area contributed by atoms with Crippen molar-refractivity contribution in [1.29, 1.82) is 0 Å². The van der Waals surface area contributed by atoms with Crippen molar-refractivity contribution in [2.45, 2.75) is 13.8 Å². The van der Waals surface area contributed by atoms with E-state index in [1.54, 1.807) is 0 Å². The molecule has 0 aliphatic carbocycles. The summed E-state index contributed by atoms with van der Waals surface area (Å²) in [6, 6.07) is 0. The summed E-state index contributed by atoms with van der Waals surface area (Å²) < 4.78 is 11.2. The molecule has 0 N–H and O–H groups in total. The third-order valence-corrected chi connectivity index (χ3v) is 3.94. The van der Waals surface area contributed by atoms with Crippen molar-refractivity contribution in [3.05, 3.63) is 10.2 Å². The predicted octanol–water partition coefficient (Wildman–Crippen LogP) is 5.08. The first-order chi connectivity index (χ1) is 5.31. The second kappa shape index (κ2) is 5.82. The second-order valence-corrected chi connectivity index (χ2v) is 9.13. The highest BCUT2D eigenvalue weighted by atomic mass is 35.9. The Bertz CT molecular complexity index is 211. The molecule has 0 aromatic heterocycles. The lowest BCUT2D eigenvalue weighted by atomic mass is 10.3. The van der Waals surface area contributed by atoms with Crippen molar-refractivity contribution in [3.63, 3.8) is 0 Å². The van der Waals surface area contributed by atoms with Crippen LogP contribution in [0.2, 0.25) is 0 Å². The van der Waals surface area contributed by atoms with E-state index in [4.69, 9.17) is 34.1 Å². The van der Waals surface area contributed by atoms with E-state index in [-0.39, 0.29) is 0 Å². The lowest BCUT2D eigenvalue weighted by Crippen LogP contribution is -1.88. The summed E-state index contributed by atoms with van der Waals surface area (Å²) in [4.78, 5) is 0. The Hall–Kier alpha value is 1.19. The highest BCUT2D eigenvalue weighted by Crippen LogP contribution is 2.59. The summed E-state index contributed by atoms with van der Waals surface area (Å²) in [6.45, 7) is 4.14. The third-order valence-electron chi connectivity index (χ3n) is 0.806. The van der Waals surface area contributed by atoms with Crippen molar-refractivity contribution >= 4 is 51.7 Å². The van der Waals surface area contributed by atoms with Crippen LogP contribution in [0.5, 0.6) is 0 Å². The Kier molecular flexibility index (Phi) is 6.40. The molecule has 0 atom stereocenters. The molecule has 0 aliphatic heterocycles. The summed E-state index contributed by atoms with van der Waals surface area (Å²) in [5, 5.41) is 0. The van der Waals surface area contributed by atoms with E-state index in [0.717, 1.165) is 5.75 Å². The Morgan fingerprint density at radius 1 is 1.58 bits per heavy atom.